The molecule has 3 N–H and O–H groups in total. The molecule has 2 aromatic rings. The van der Waals surface area contributed by atoms with Crippen LogP contribution >= 0.6 is 0 Å². The molecule has 0 bridgehead atoms. The summed E-state index contributed by atoms with van der Waals surface area (Å²) >= 11 is 0. The highest BCUT2D eigenvalue weighted by molar-refractivity contribution is 5.98. The van der Waals surface area contributed by atoms with Crippen LogP contribution in [0.2, 0.25) is 0 Å². The van der Waals surface area contributed by atoms with E-state index >= 15 is 0 Å². The number of hydrogen-bond donors (Lipinski definition) is 2. The summed E-state index contributed by atoms with van der Waals surface area (Å²) in [6.07, 6.45) is 3.92. The highest BCUT2D eigenvalue weighted by atomic mass is 16.5. The second-order valence-electron chi connectivity index (χ2n) is 6.01. The number of benzene rings is 2. The SMILES string of the molecule is COc1ccc2cc(C(=O)NC3CCC(N)CC3)ccc2c1. The summed E-state index contributed by atoms with van der Waals surface area (Å²) in [5.41, 5.74) is 6.60. The van der Waals surface area contributed by atoms with Crippen LogP contribution in [0, 0.1) is 0 Å². The van der Waals surface area contributed by atoms with Crippen molar-refractivity contribution in [3.05, 3.63) is 42.0 Å². The van der Waals surface area contributed by atoms with Crippen molar-refractivity contribution in [2.75, 3.05) is 7.11 Å². The van der Waals surface area contributed by atoms with E-state index in [0.29, 0.717) is 11.6 Å². The first kappa shape index (κ1) is 14.9. The minimum Gasteiger partial charge on any atom is -0.497 e. The maximum Gasteiger partial charge on any atom is 0.251 e. The highest BCUT2D eigenvalue weighted by Crippen LogP contribution is 2.22. The lowest BCUT2D eigenvalue weighted by Gasteiger charge is -2.26. The number of ether oxygens (including phenoxy) is 1. The lowest BCUT2D eigenvalue weighted by molar-refractivity contribution is 0.0926. The van der Waals surface area contributed by atoms with Gasteiger partial charge in [0.1, 0.15) is 5.75 Å². The topological polar surface area (TPSA) is 64.3 Å². The van der Waals surface area contributed by atoms with E-state index in [-0.39, 0.29) is 11.9 Å². The van der Waals surface area contributed by atoms with Crippen LogP contribution in [0.3, 0.4) is 0 Å². The third-order valence-electron chi connectivity index (χ3n) is 4.42. The molecule has 0 radical (unpaired) electrons. The molecule has 0 aromatic heterocycles. The zero-order chi connectivity index (χ0) is 15.5. The molecule has 1 saturated carbocycles. The summed E-state index contributed by atoms with van der Waals surface area (Å²) < 4.78 is 5.22. The summed E-state index contributed by atoms with van der Waals surface area (Å²) in [6, 6.07) is 12.2. The number of hydrogen-bond acceptors (Lipinski definition) is 3. The van der Waals surface area contributed by atoms with Gasteiger partial charge in [-0.15, -0.1) is 0 Å². The Morgan fingerprint density at radius 3 is 2.50 bits per heavy atom. The number of carbonyl (C=O) groups excluding carboxylic acids is 1. The molecule has 3 rings (SSSR count). The molecule has 0 unspecified atom stereocenters. The summed E-state index contributed by atoms with van der Waals surface area (Å²) in [4.78, 5) is 12.4. The Morgan fingerprint density at radius 1 is 1.09 bits per heavy atom. The third kappa shape index (κ3) is 3.22. The minimum absolute atomic E-state index is 0.00168. The van der Waals surface area contributed by atoms with E-state index in [9.17, 15) is 4.79 Å². The molecule has 0 atom stereocenters. The predicted molar refractivity (Wildman–Crippen MR) is 88.2 cm³/mol. The Balaban J connectivity index is 1.73. The Bertz CT molecular complexity index is 676. The first-order chi connectivity index (χ1) is 10.7. The molecule has 1 fully saturated rings. The third-order valence-corrected chi connectivity index (χ3v) is 4.42. The zero-order valence-corrected chi connectivity index (χ0v) is 12.8. The number of rotatable bonds is 3. The number of fused-ring (bicyclic) bond motifs is 1. The van der Waals surface area contributed by atoms with Gasteiger partial charge >= 0.3 is 0 Å². The fourth-order valence-electron chi connectivity index (χ4n) is 3.02. The van der Waals surface area contributed by atoms with Crippen molar-refractivity contribution in [1.82, 2.24) is 5.32 Å². The van der Waals surface area contributed by atoms with Crippen molar-refractivity contribution in [3.63, 3.8) is 0 Å². The Morgan fingerprint density at radius 2 is 1.77 bits per heavy atom. The van der Waals surface area contributed by atoms with Gasteiger partial charge in [-0.25, -0.2) is 0 Å². The fourth-order valence-corrected chi connectivity index (χ4v) is 3.02. The van der Waals surface area contributed by atoms with E-state index in [1.165, 1.54) is 0 Å². The Labute approximate surface area is 130 Å². The van der Waals surface area contributed by atoms with Gasteiger partial charge in [0, 0.05) is 17.6 Å². The average molecular weight is 298 g/mol. The highest BCUT2D eigenvalue weighted by Gasteiger charge is 2.20. The van der Waals surface area contributed by atoms with Crippen LogP contribution in [0.25, 0.3) is 10.8 Å². The van der Waals surface area contributed by atoms with Gasteiger partial charge in [-0.3, -0.25) is 4.79 Å². The molecule has 4 nitrogen and oxygen atoms in total. The average Bonchev–Trinajstić information content (AvgIpc) is 2.56. The lowest BCUT2D eigenvalue weighted by atomic mass is 9.91. The molecule has 0 aliphatic heterocycles. The first-order valence-electron chi connectivity index (χ1n) is 7.80. The summed E-state index contributed by atoms with van der Waals surface area (Å²) in [5.74, 6) is 0.821. The summed E-state index contributed by atoms with van der Waals surface area (Å²) in [6.45, 7) is 0. The van der Waals surface area contributed by atoms with Crippen molar-refractivity contribution in [2.45, 2.75) is 37.8 Å². The summed E-state index contributed by atoms with van der Waals surface area (Å²) in [7, 11) is 1.65. The maximum absolute atomic E-state index is 12.4. The monoisotopic (exact) mass is 298 g/mol. The summed E-state index contributed by atoms with van der Waals surface area (Å²) in [5, 5.41) is 5.23. The molecule has 0 spiro atoms. The minimum atomic E-state index is -0.00168. The molecule has 0 saturated heterocycles. The molecule has 2 aromatic carbocycles. The number of amides is 1. The predicted octanol–water partition coefficient (Wildman–Crippen LogP) is 2.85. The molecular weight excluding hydrogens is 276 g/mol. The number of methoxy groups -OCH3 is 1. The Hall–Kier alpha value is -2.07. The van der Waals surface area contributed by atoms with Gasteiger partial charge in [-0.1, -0.05) is 12.1 Å². The molecule has 1 aliphatic carbocycles. The van der Waals surface area contributed by atoms with E-state index in [4.69, 9.17) is 10.5 Å². The van der Waals surface area contributed by atoms with Gasteiger partial charge in [0.25, 0.3) is 5.91 Å². The Kier molecular flexibility index (Phi) is 4.29. The molecule has 22 heavy (non-hydrogen) atoms. The van der Waals surface area contributed by atoms with E-state index in [0.717, 1.165) is 42.2 Å². The van der Waals surface area contributed by atoms with Crippen molar-refractivity contribution in [3.8, 4) is 5.75 Å². The molecular formula is C18H22N2O2. The number of nitrogens with one attached hydrogen (secondary N) is 1. The number of carbonyl (C=O) groups is 1. The molecule has 4 heteroatoms. The molecule has 116 valence electrons. The van der Waals surface area contributed by atoms with Gasteiger partial charge in [0.05, 0.1) is 7.11 Å². The van der Waals surface area contributed by atoms with Gasteiger partial charge in [0.2, 0.25) is 0 Å². The second-order valence-corrected chi connectivity index (χ2v) is 6.01. The largest absolute Gasteiger partial charge is 0.497 e. The van der Waals surface area contributed by atoms with Crippen molar-refractivity contribution < 1.29 is 9.53 Å². The van der Waals surface area contributed by atoms with Crippen molar-refractivity contribution in [1.29, 1.82) is 0 Å². The molecule has 1 aliphatic rings. The molecule has 1 amide bonds. The van der Waals surface area contributed by atoms with Crippen LogP contribution in [0.4, 0.5) is 0 Å². The van der Waals surface area contributed by atoms with Crippen LogP contribution in [0.1, 0.15) is 36.0 Å². The molecule has 0 heterocycles. The lowest BCUT2D eigenvalue weighted by Crippen LogP contribution is -2.40. The van der Waals surface area contributed by atoms with Gasteiger partial charge < -0.3 is 15.8 Å². The van der Waals surface area contributed by atoms with Crippen molar-refractivity contribution in [2.24, 2.45) is 5.73 Å². The quantitative estimate of drug-likeness (QED) is 0.916. The van der Waals surface area contributed by atoms with E-state index in [2.05, 4.69) is 5.32 Å². The van der Waals surface area contributed by atoms with Crippen LogP contribution in [-0.2, 0) is 0 Å². The van der Waals surface area contributed by atoms with Crippen LogP contribution in [0.5, 0.6) is 5.75 Å². The number of nitrogens with two attached hydrogens (primary N) is 1. The van der Waals surface area contributed by atoms with Crippen molar-refractivity contribution >= 4 is 16.7 Å². The van der Waals surface area contributed by atoms with E-state index in [1.807, 2.05) is 36.4 Å². The maximum atomic E-state index is 12.4. The van der Waals surface area contributed by atoms with E-state index in [1.54, 1.807) is 7.11 Å². The second kappa shape index (κ2) is 6.36. The normalized spacial score (nSPS) is 21.5. The van der Waals surface area contributed by atoms with Crippen LogP contribution in [-0.4, -0.2) is 25.1 Å². The van der Waals surface area contributed by atoms with E-state index < -0.39 is 0 Å². The smallest absolute Gasteiger partial charge is 0.251 e. The standard InChI is InChI=1S/C18H22N2O2/c1-22-17-9-4-12-10-14(3-2-13(12)11-17)18(21)20-16-7-5-15(19)6-8-16/h2-4,9-11,15-16H,5-8,19H2,1H3,(H,20,21). The van der Waals surface area contributed by atoms with Gasteiger partial charge in [-0.2, -0.15) is 0 Å². The van der Waals surface area contributed by atoms with Crippen LogP contribution < -0.4 is 15.8 Å². The first-order valence-corrected chi connectivity index (χ1v) is 7.80. The van der Waals surface area contributed by atoms with Gasteiger partial charge in [0.15, 0.2) is 0 Å². The van der Waals surface area contributed by atoms with Crippen LogP contribution in [0.15, 0.2) is 36.4 Å². The zero-order valence-electron chi connectivity index (χ0n) is 12.8. The fraction of sp³-hybridized carbons (Fsp3) is 0.389. The van der Waals surface area contributed by atoms with Gasteiger partial charge in [-0.05, 0) is 60.7 Å².